The Kier molecular flexibility index (Phi) is 7.54. The van der Waals surface area contributed by atoms with Gasteiger partial charge in [-0.05, 0) is 31.5 Å². The van der Waals surface area contributed by atoms with E-state index in [0.29, 0.717) is 25.6 Å². The molecule has 1 saturated heterocycles. The largest absolute Gasteiger partial charge is 0.352 e. The van der Waals surface area contributed by atoms with E-state index in [4.69, 9.17) is 0 Å². The number of aryl methyl sites for hydroxylation is 3. The first-order chi connectivity index (χ1) is 15.0. The molecule has 1 amide bonds. The first-order valence-corrected chi connectivity index (χ1v) is 10.3. The number of anilines is 1. The second-order valence-corrected chi connectivity index (χ2v) is 7.71. The highest BCUT2D eigenvalue weighted by Crippen LogP contribution is 2.18. The fraction of sp³-hybridized carbons (Fsp3) is 0.364. The zero-order valence-corrected chi connectivity index (χ0v) is 21.1. The Bertz CT molecular complexity index is 1120. The molecule has 9 nitrogen and oxygen atoms in total. The smallest absolute Gasteiger partial charge is 0.246 e. The van der Waals surface area contributed by atoms with Crippen molar-refractivity contribution >= 4 is 41.5 Å². The fourth-order valence-corrected chi connectivity index (χ4v) is 3.92. The van der Waals surface area contributed by atoms with E-state index in [-0.39, 0.29) is 36.4 Å². The molecule has 0 aliphatic carbocycles. The number of benzene rings is 1. The van der Waals surface area contributed by atoms with E-state index >= 15 is 0 Å². The van der Waals surface area contributed by atoms with Crippen molar-refractivity contribution in [1.82, 2.24) is 29.8 Å². The average molecular weight is 548 g/mol. The molecular weight excluding hydrogens is 519 g/mol. The Labute approximate surface area is 205 Å². The quantitative estimate of drug-likeness (QED) is 0.308. The molecule has 0 saturated carbocycles. The molecule has 0 spiro atoms. The van der Waals surface area contributed by atoms with Crippen molar-refractivity contribution in [3.63, 3.8) is 0 Å². The molecule has 1 aromatic carbocycles. The van der Waals surface area contributed by atoms with Gasteiger partial charge < -0.3 is 15.1 Å². The predicted octanol–water partition coefficient (Wildman–Crippen LogP) is 2.26. The minimum Gasteiger partial charge on any atom is -0.352 e. The number of aromatic nitrogens is 4. The lowest BCUT2D eigenvalue weighted by atomic mass is 10.1. The highest BCUT2D eigenvalue weighted by Gasteiger charge is 2.27. The van der Waals surface area contributed by atoms with E-state index in [9.17, 15) is 4.79 Å². The first kappa shape index (κ1) is 23.8. The summed E-state index contributed by atoms with van der Waals surface area (Å²) in [4.78, 5) is 20.9. The molecule has 0 radical (unpaired) electrons. The number of hydrogen-bond donors (Lipinski definition) is 1. The predicted molar refractivity (Wildman–Crippen MR) is 136 cm³/mol. The molecule has 3 aromatic rings. The molecule has 1 aliphatic rings. The van der Waals surface area contributed by atoms with Gasteiger partial charge in [0.15, 0.2) is 5.96 Å². The molecule has 3 heterocycles. The van der Waals surface area contributed by atoms with Gasteiger partial charge in [0.05, 0.1) is 23.3 Å². The summed E-state index contributed by atoms with van der Waals surface area (Å²) in [5, 5.41) is 12.2. The molecule has 0 bridgehead atoms. The van der Waals surface area contributed by atoms with Gasteiger partial charge in [-0.3, -0.25) is 14.5 Å². The molecule has 32 heavy (non-hydrogen) atoms. The van der Waals surface area contributed by atoms with Gasteiger partial charge in [0.2, 0.25) is 5.91 Å². The number of carbonyl (C=O) groups excluding carboxylic acids is 1. The van der Waals surface area contributed by atoms with Gasteiger partial charge in [-0.15, -0.1) is 24.0 Å². The Balaban J connectivity index is 0.00000289. The molecule has 1 aliphatic heterocycles. The molecule has 1 N–H and O–H groups in total. The van der Waals surface area contributed by atoms with Crippen LogP contribution in [0.1, 0.15) is 17.0 Å². The average Bonchev–Trinajstić information content (AvgIpc) is 3.33. The normalized spacial score (nSPS) is 14.5. The lowest BCUT2D eigenvalue weighted by Crippen LogP contribution is -2.55. The van der Waals surface area contributed by atoms with Gasteiger partial charge in [-0.25, -0.2) is 4.68 Å². The number of piperazine rings is 1. The Morgan fingerprint density at radius 2 is 2.00 bits per heavy atom. The van der Waals surface area contributed by atoms with Crippen molar-refractivity contribution in [2.45, 2.75) is 20.4 Å². The molecule has 170 valence electrons. The van der Waals surface area contributed by atoms with Crippen molar-refractivity contribution in [2.75, 3.05) is 31.6 Å². The summed E-state index contributed by atoms with van der Waals surface area (Å²) < 4.78 is 3.67. The zero-order valence-electron chi connectivity index (χ0n) is 18.8. The molecular formula is C22H29IN8O. The lowest BCUT2D eigenvalue weighted by Gasteiger charge is -2.35. The Morgan fingerprint density at radius 1 is 1.22 bits per heavy atom. The van der Waals surface area contributed by atoms with E-state index in [0.717, 1.165) is 28.3 Å². The number of halogens is 1. The van der Waals surface area contributed by atoms with Crippen LogP contribution in [0.25, 0.3) is 5.69 Å². The number of rotatable bonds is 4. The summed E-state index contributed by atoms with van der Waals surface area (Å²) in [6.45, 7) is 6.18. The molecule has 0 unspecified atom stereocenters. The van der Waals surface area contributed by atoms with Crippen LogP contribution in [0.5, 0.6) is 0 Å². The fourth-order valence-electron chi connectivity index (χ4n) is 3.92. The van der Waals surface area contributed by atoms with Gasteiger partial charge in [-0.1, -0.05) is 18.2 Å². The molecule has 10 heteroatoms. The second-order valence-electron chi connectivity index (χ2n) is 7.71. The summed E-state index contributed by atoms with van der Waals surface area (Å²) in [5.41, 5.74) is 5.05. The number of carbonyl (C=O) groups is 1. The van der Waals surface area contributed by atoms with Crippen molar-refractivity contribution < 1.29 is 4.79 Å². The van der Waals surface area contributed by atoms with Crippen molar-refractivity contribution in [3.05, 3.63) is 59.7 Å². The number of para-hydroxylation sites is 1. The van der Waals surface area contributed by atoms with Crippen LogP contribution in [0.15, 0.2) is 47.7 Å². The van der Waals surface area contributed by atoms with Crippen molar-refractivity contribution in [1.29, 1.82) is 0 Å². The molecule has 4 rings (SSSR count). The minimum atomic E-state index is 0. The third-order valence-corrected chi connectivity index (χ3v) is 5.40. The third kappa shape index (κ3) is 4.95. The van der Waals surface area contributed by atoms with Gasteiger partial charge in [0.1, 0.15) is 6.54 Å². The molecule has 1 fully saturated rings. The van der Waals surface area contributed by atoms with Crippen molar-refractivity contribution in [3.8, 4) is 5.69 Å². The third-order valence-electron chi connectivity index (χ3n) is 5.40. The Morgan fingerprint density at radius 3 is 2.62 bits per heavy atom. The minimum absolute atomic E-state index is 0. The maximum atomic E-state index is 12.7. The Hall–Kier alpha value is -2.89. The second kappa shape index (κ2) is 10.2. The van der Waals surface area contributed by atoms with Gasteiger partial charge in [0, 0.05) is 45.6 Å². The van der Waals surface area contributed by atoms with Crippen molar-refractivity contribution in [2.24, 2.45) is 12.0 Å². The van der Waals surface area contributed by atoms with Crippen LogP contribution in [0.3, 0.4) is 0 Å². The summed E-state index contributed by atoms with van der Waals surface area (Å²) in [6.07, 6.45) is 3.58. The highest BCUT2D eigenvalue weighted by atomic mass is 127. The van der Waals surface area contributed by atoms with Crippen LogP contribution in [0.2, 0.25) is 0 Å². The maximum absolute atomic E-state index is 12.7. The van der Waals surface area contributed by atoms with Crippen LogP contribution >= 0.6 is 24.0 Å². The number of aliphatic imine (C=N–C) groups is 1. The summed E-state index contributed by atoms with van der Waals surface area (Å²) in [7, 11) is 3.59. The van der Waals surface area contributed by atoms with Gasteiger partial charge in [0.25, 0.3) is 0 Å². The maximum Gasteiger partial charge on any atom is 0.246 e. The van der Waals surface area contributed by atoms with Crippen LogP contribution in [-0.4, -0.2) is 63.0 Å². The van der Waals surface area contributed by atoms with E-state index in [2.05, 4.69) is 45.6 Å². The highest BCUT2D eigenvalue weighted by molar-refractivity contribution is 14.0. The number of nitrogens with zero attached hydrogens (tertiary/aromatic N) is 7. The topological polar surface area (TPSA) is 83.6 Å². The lowest BCUT2D eigenvalue weighted by molar-refractivity contribution is -0.120. The number of guanidine groups is 1. The monoisotopic (exact) mass is 548 g/mol. The van der Waals surface area contributed by atoms with E-state index in [1.54, 1.807) is 22.8 Å². The van der Waals surface area contributed by atoms with Crippen LogP contribution in [-0.2, 0) is 18.4 Å². The summed E-state index contributed by atoms with van der Waals surface area (Å²) >= 11 is 0. The van der Waals surface area contributed by atoms with Gasteiger partial charge in [-0.2, -0.15) is 10.2 Å². The number of nitrogens with one attached hydrogen (secondary N) is 1. The number of amides is 1. The van der Waals surface area contributed by atoms with Crippen LogP contribution in [0.4, 0.5) is 5.69 Å². The van der Waals surface area contributed by atoms with E-state index in [1.165, 1.54) is 0 Å². The first-order valence-electron chi connectivity index (χ1n) is 10.3. The SMILES string of the molecule is CN=C(NCc1ccccc1-n1nc(C)cc1C)N1CCN(c2cnn(C)c2)C(=O)C1.I. The standard InChI is InChI=1S/C22H28N8O.HI/c1-16-11-17(2)30(26-16)20-8-6-5-7-18(20)12-24-22(23-3)28-9-10-29(21(31)15-28)19-13-25-27(4)14-19;/h5-8,11,13-14H,9-10,12,15H2,1-4H3,(H,23,24);1H. The van der Waals surface area contributed by atoms with Crippen LogP contribution < -0.4 is 10.2 Å². The zero-order chi connectivity index (χ0) is 22.0. The van der Waals surface area contributed by atoms with E-state index < -0.39 is 0 Å². The molecule has 2 aromatic heterocycles. The van der Waals surface area contributed by atoms with Crippen LogP contribution in [0, 0.1) is 13.8 Å². The summed E-state index contributed by atoms with van der Waals surface area (Å²) in [6, 6.07) is 10.2. The molecule has 0 atom stereocenters. The summed E-state index contributed by atoms with van der Waals surface area (Å²) in [5.74, 6) is 0.743. The van der Waals surface area contributed by atoms with Gasteiger partial charge >= 0.3 is 0 Å². The van der Waals surface area contributed by atoms with E-state index in [1.807, 2.05) is 41.9 Å². The number of hydrogen-bond acceptors (Lipinski definition) is 4.